The first kappa shape index (κ1) is 20.2. The minimum Gasteiger partial charge on any atom is -0.466 e. The SMILES string of the molecule is COC(=O)[C@](NC(=O)CC(C)C)(Nc1ccc(Br)cn1)C(F)(F)F. The van der Waals surface area contributed by atoms with Crippen LogP contribution in [0.3, 0.4) is 0 Å². The standard InChI is InChI=1S/C14H17BrF3N3O3/c1-8(2)6-11(22)21-13(12(23)24-3,14(16,17)18)20-10-5-4-9(15)7-19-10/h4-5,7-8H,6H2,1-3H3,(H,19,20)(H,21,22)/t13-/m1/s1. The van der Waals surface area contributed by atoms with Crippen LogP contribution >= 0.6 is 15.9 Å². The number of esters is 1. The quantitative estimate of drug-likeness (QED) is 0.555. The summed E-state index contributed by atoms with van der Waals surface area (Å²) < 4.78 is 45.8. The van der Waals surface area contributed by atoms with Gasteiger partial charge in [0, 0.05) is 17.1 Å². The molecule has 1 rings (SSSR count). The van der Waals surface area contributed by atoms with Crippen molar-refractivity contribution in [3.05, 3.63) is 22.8 Å². The second-order valence-electron chi connectivity index (χ2n) is 5.37. The summed E-state index contributed by atoms with van der Waals surface area (Å²) in [6.45, 7) is 3.33. The lowest BCUT2D eigenvalue weighted by atomic mass is 10.1. The largest absolute Gasteiger partial charge is 0.466 e. The van der Waals surface area contributed by atoms with Gasteiger partial charge in [0.15, 0.2) is 0 Å². The zero-order chi connectivity index (χ0) is 18.5. The van der Waals surface area contributed by atoms with Gasteiger partial charge in [0.25, 0.3) is 0 Å². The van der Waals surface area contributed by atoms with Gasteiger partial charge in [-0.2, -0.15) is 13.2 Å². The number of anilines is 1. The molecular weight excluding hydrogens is 395 g/mol. The van der Waals surface area contributed by atoms with Gasteiger partial charge < -0.3 is 15.4 Å². The van der Waals surface area contributed by atoms with Crippen molar-refractivity contribution in [1.82, 2.24) is 10.3 Å². The molecule has 134 valence electrons. The highest BCUT2D eigenvalue weighted by Crippen LogP contribution is 2.33. The molecule has 0 unspecified atom stereocenters. The van der Waals surface area contributed by atoms with Crippen molar-refractivity contribution in [2.75, 3.05) is 12.4 Å². The molecule has 0 aliphatic carbocycles. The fraction of sp³-hybridized carbons (Fsp3) is 0.500. The predicted octanol–water partition coefficient (Wildman–Crippen LogP) is 2.85. The third kappa shape index (κ3) is 4.83. The number of nitrogens with zero attached hydrogens (tertiary/aromatic N) is 1. The molecule has 0 radical (unpaired) electrons. The Kier molecular flexibility index (Phi) is 6.58. The van der Waals surface area contributed by atoms with Crippen molar-refractivity contribution in [2.45, 2.75) is 32.1 Å². The molecule has 0 aliphatic rings. The molecule has 0 aliphatic heterocycles. The number of methoxy groups -OCH3 is 1. The lowest BCUT2D eigenvalue weighted by Gasteiger charge is -2.34. The van der Waals surface area contributed by atoms with Gasteiger partial charge in [-0.3, -0.25) is 4.79 Å². The molecule has 0 spiro atoms. The highest BCUT2D eigenvalue weighted by atomic mass is 79.9. The summed E-state index contributed by atoms with van der Waals surface area (Å²) in [6.07, 6.45) is -4.11. The molecule has 1 aromatic heterocycles. The number of ether oxygens (including phenoxy) is 1. The molecule has 1 heterocycles. The van der Waals surface area contributed by atoms with E-state index in [0.717, 1.165) is 7.11 Å². The van der Waals surface area contributed by atoms with Crippen LogP contribution in [0, 0.1) is 5.92 Å². The predicted molar refractivity (Wildman–Crippen MR) is 84.0 cm³/mol. The Morgan fingerprint density at radius 2 is 1.96 bits per heavy atom. The Morgan fingerprint density at radius 3 is 2.38 bits per heavy atom. The van der Waals surface area contributed by atoms with Crippen LogP contribution in [0.4, 0.5) is 19.0 Å². The first-order valence-corrected chi connectivity index (χ1v) is 7.67. The number of amides is 1. The van der Waals surface area contributed by atoms with Gasteiger partial charge in [-0.1, -0.05) is 13.8 Å². The Labute approximate surface area is 145 Å². The second kappa shape index (κ2) is 7.82. The van der Waals surface area contributed by atoms with Crippen molar-refractivity contribution in [3.63, 3.8) is 0 Å². The van der Waals surface area contributed by atoms with Gasteiger partial charge >= 0.3 is 17.8 Å². The third-order valence-electron chi connectivity index (χ3n) is 2.88. The van der Waals surface area contributed by atoms with Crippen LogP contribution in [0.2, 0.25) is 0 Å². The van der Waals surface area contributed by atoms with Crippen LogP contribution in [0.5, 0.6) is 0 Å². The molecule has 24 heavy (non-hydrogen) atoms. The van der Waals surface area contributed by atoms with Gasteiger partial charge in [0.1, 0.15) is 5.82 Å². The Morgan fingerprint density at radius 1 is 1.33 bits per heavy atom. The van der Waals surface area contributed by atoms with Crippen molar-refractivity contribution >= 4 is 33.6 Å². The number of alkyl halides is 3. The number of halogens is 4. The Balaban J connectivity index is 3.28. The number of aromatic nitrogens is 1. The number of nitrogens with one attached hydrogen (secondary N) is 2. The van der Waals surface area contributed by atoms with E-state index in [2.05, 4.69) is 25.7 Å². The van der Waals surface area contributed by atoms with Gasteiger partial charge in [-0.05, 0) is 34.0 Å². The van der Waals surface area contributed by atoms with Crippen molar-refractivity contribution < 1.29 is 27.5 Å². The molecule has 10 heteroatoms. The maximum atomic E-state index is 13.7. The molecule has 0 saturated carbocycles. The molecular formula is C14H17BrF3N3O3. The molecule has 0 bridgehead atoms. The van der Waals surface area contributed by atoms with Crippen LogP contribution in [0.15, 0.2) is 22.8 Å². The molecule has 0 saturated heterocycles. The van der Waals surface area contributed by atoms with Crippen LogP contribution in [-0.2, 0) is 14.3 Å². The van der Waals surface area contributed by atoms with E-state index in [1.54, 1.807) is 19.2 Å². The molecule has 1 atom stereocenters. The molecule has 0 aromatic carbocycles. The summed E-state index contributed by atoms with van der Waals surface area (Å²) in [7, 11) is 0.800. The highest BCUT2D eigenvalue weighted by Gasteiger charge is 2.63. The summed E-state index contributed by atoms with van der Waals surface area (Å²) in [5.74, 6) is -3.10. The van der Waals surface area contributed by atoms with Gasteiger partial charge in [0.2, 0.25) is 5.91 Å². The van der Waals surface area contributed by atoms with E-state index in [0.29, 0.717) is 4.47 Å². The maximum absolute atomic E-state index is 13.7. The van der Waals surface area contributed by atoms with E-state index < -0.39 is 23.7 Å². The molecule has 6 nitrogen and oxygen atoms in total. The van der Waals surface area contributed by atoms with E-state index in [4.69, 9.17) is 0 Å². The van der Waals surface area contributed by atoms with Crippen molar-refractivity contribution in [3.8, 4) is 0 Å². The van der Waals surface area contributed by atoms with Gasteiger partial charge in [-0.15, -0.1) is 0 Å². The number of pyridine rings is 1. The highest BCUT2D eigenvalue weighted by molar-refractivity contribution is 9.10. The number of rotatable bonds is 6. The molecule has 0 fully saturated rings. The van der Waals surface area contributed by atoms with Crippen LogP contribution in [0.25, 0.3) is 0 Å². The van der Waals surface area contributed by atoms with Crippen molar-refractivity contribution in [1.29, 1.82) is 0 Å². The summed E-state index contributed by atoms with van der Waals surface area (Å²) in [5, 5.41) is 3.67. The van der Waals surface area contributed by atoms with E-state index in [9.17, 15) is 22.8 Å². The summed E-state index contributed by atoms with van der Waals surface area (Å²) >= 11 is 3.10. The maximum Gasteiger partial charge on any atom is 0.441 e. The monoisotopic (exact) mass is 411 g/mol. The van der Waals surface area contributed by atoms with Crippen LogP contribution in [0.1, 0.15) is 20.3 Å². The zero-order valence-corrected chi connectivity index (χ0v) is 14.8. The lowest BCUT2D eigenvalue weighted by molar-refractivity contribution is -0.206. The van der Waals surface area contributed by atoms with E-state index in [-0.39, 0.29) is 18.2 Å². The van der Waals surface area contributed by atoms with E-state index in [1.807, 2.05) is 5.32 Å². The van der Waals surface area contributed by atoms with Crippen molar-refractivity contribution in [2.24, 2.45) is 5.92 Å². The topological polar surface area (TPSA) is 80.3 Å². The van der Waals surface area contributed by atoms with Crippen LogP contribution in [-0.4, -0.2) is 35.8 Å². The minimum atomic E-state index is -5.17. The first-order valence-electron chi connectivity index (χ1n) is 6.87. The second-order valence-corrected chi connectivity index (χ2v) is 6.29. The summed E-state index contributed by atoms with van der Waals surface area (Å²) in [4.78, 5) is 27.6. The number of carbonyl (C=O) groups is 2. The molecule has 1 aromatic rings. The fourth-order valence-corrected chi connectivity index (χ4v) is 2.05. The smallest absolute Gasteiger partial charge is 0.441 e. The summed E-state index contributed by atoms with van der Waals surface area (Å²) in [5.41, 5.74) is -3.44. The summed E-state index contributed by atoms with van der Waals surface area (Å²) in [6, 6.07) is 2.66. The van der Waals surface area contributed by atoms with Crippen LogP contribution < -0.4 is 10.6 Å². The minimum absolute atomic E-state index is 0.190. The van der Waals surface area contributed by atoms with Gasteiger partial charge in [0.05, 0.1) is 7.11 Å². The van der Waals surface area contributed by atoms with E-state index >= 15 is 0 Å². The fourth-order valence-electron chi connectivity index (χ4n) is 1.82. The van der Waals surface area contributed by atoms with E-state index in [1.165, 1.54) is 18.3 Å². The van der Waals surface area contributed by atoms with Gasteiger partial charge in [-0.25, -0.2) is 9.78 Å². The number of carbonyl (C=O) groups excluding carboxylic acids is 2. The Bertz CT molecular complexity index is 593. The zero-order valence-electron chi connectivity index (χ0n) is 13.2. The first-order chi connectivity index (χ1) is 11.0. The average Bonchev–Trinajstić information content (AvgIpc) is 2.45. The number of hydrogen-bond donors (Lipinski definition) is 2. The molecule has 2 N–H and O–H groups in total. The lowest BCUT2D eigenvalue weighted by Crippen LogP contribution is -2.69. The molecule has 1 amide bonds. The third-order valence-corrected chi connectivity index (χ3v) is 3.35. The Hall–Kier alpha value is -1.84. The number of hydrogen-bond acceptors (Lipinski definition) is 5. The average molecular weight is 412 g/mol. The normalized spacial score (nSPS) is 14.0.